The highest BCUT2D eigenvalue weighted by atomic mass is 16.8. The minimum Gasteiger partial charge on any atom is -0.394 e. The van der Waals surface area contributed by atoms with Crippen LogP contribution in [0.3, 0.4) is 0 Å². The van der Waals surface area contributed by atoms with E-state index in [4.69, 9.17) is 62.6 Å². The van der Waals surface area contributed by atoms with Gasteiger partial charge in [0.25, 0.3) is 0 Å². The van der Waals surface area contributed by atoms with Crippen molar-refractivity contribution in [2.75, 3.05) is 52.8 Å². The first kappa shape index (κ1) is 59.0. The fourth-order valence-corrected chi connectivity index (χ4v) is 8.81. The third kappa shape index (κ3) is 12.6. The molecular weight excluding hydrogens is 978 g/mol. The van der Waals surface area contributed by atoms with Crippen LogP contribution < -0.4 is 5.73 Å². The minimum absolute atomic E-state index is 0.105. The van der Waals surface area contributed by atoms with Crippen LogP contribution in [0.15, 0.2) is 0 Å². The van der Waals surface area contributed by atoms with Crippen LogP contribution in [-0.4, -0.2) is 334 Å². The summed E-state index contributed by atoms with van der Waals surface area (Å²) in [6, 6.07) is 0. The molecule has 0 aromatic carbocycles. The fraction of sp³-hybridized carbons (Fsp3) is 1.00. The predicted molar refractivity (Wildman–Crippen MR) is 217 cm³/mol. The minimum atomic E-state index is -2.24. The Morgan fingerprint density at radius 3 is 0.775 bits per heavy atom. The maximum atomic E-state index is 11.6. The average molecular weight is 1050 g/mol. The van der Waals surface area contributed by atoms with Crippen molar-refractivity contribution in [3.63, 3.8) is 0 Å². The summed E-state index contributed by atoms with van der Waals surface area (Å²) in [5.41, 5.74) is 5.58. The quantitative estimate of drug-likeness (QED) is 0.0504. The number of hydrogen-bond acceptors (Lipinski definition) is 32. The first-order valence-electron chi connectivity index (χ1n) is 22.8. The number of hydrogen-bond donors (Lipinski definition) is 20. The zero-order chi connectivity index (χ0) is 52.2. The monoisotopic (exact) mass is 1050 g/mol. The second-order valence-electron chi connectivity index (χ2n) is 17.7. The van der Waals surface area contributed by atoms with Crippen molar-refractivity contribution in [1.29, 1.82) is 0 Å². The number of rotatable bonds is 20. The van der Waals surface area contributed by atoms with Gasteiger partial charge in [-0.3, -0.25) is 0 Å². The van der Waals surface area contributed by atoms with E-state index < -0.39 is 224 Å². The second kappa shape index (κ2) is 26.2. The molecule has 6 aliphatic heterocycles. The highest BCUT2D eigenvalue weighted by molar-refractivity contribution is 5.00. The molecule has 0 radical (unpaired) electrons. The van der Waals surface area contributed by atoms with Crippen molar-refractivity contribution in [3.05, 3.63) is 0 Å². The zero-order valence-electron chi connectivity index (χ0n) is 37.7. The highest BCUT2D eigenvalue weighted by Crippen LogP contribution is 2.38. The average Bonchev–Trinajstić information content (AvgIpc) is 3.36. The Hall–Kier alpha value is -1.28. The molecule has 0 aromatic rings. The molecule has 6 rings (SSSR count). The molecule has 0 amide bonds. The third-order valence-corrected chi connectivity index (χ3v) is 13.1. The second-order valence-corrected chi connectivity index (χ2v) is 17.7. The Morgan fingerprint density at radius 1 is 0.282 bits per heavy atom. The van der Waals surface area contributed by atoms with Gasteiger partial charge < -0.3 is 160 Å². The molecule has 0 saturated carbocycles. The summed E-state index contributed by atoms with van der Waals surface area (Å²) in [7, 11) is 0. The summed E-state index contributed by atoms with van der Waals surface area (Å²) in [5, 5.41) is 203. The molecule has 6 saturated heterocycles. The molecule has 32 nitrogen and oxygen atoms in total. The van der Waals surface area contributed by atoms with Gasteiger partial charge in [0.1, 0.15) is 146 Å². The topological polar surface area (TPSA) is 521 Å². The Labute approximate surface area is 402 Å². The van der Waals surface area contributed by atoms with Crippen molar-refractivity contribution in [3.8, 4) is 0 Å². The summed E-state index contributed by atoms with van der Waals surface area (Å²) in [4.78, 5) is 0. The first-order valence-corrected chi connectivity index (χ1v) is 22.8. The number of nitrogens with two attached hydrogens (primary N) is 1. The molecule has 6 fully saturated rings. The van der Waals surface area contributed by atoms with E-state index in [0.717, 1.165) is 0 Å². The van der Waals surface area contributed by atoms with Gasteiger partial charge in [0.05, 0.1) is 46.2 Å². The van der Waals surface area contributed by atoms with Crippen molar-refractivity contribution in [1.82, 2.24) is 0 Å². The maximum absolute atomic E-state index is 11.6. The largest absolute Gasteiger partial charge is 0.394 e. The lowest BCUT2D eigenvalue weighted by Gasteiger charge is -2.50. The van der Waals surface area contributed by atoms with Crippen LogP contribution in [0.1, 0.15) is 6.42 Å². The van der Waals surface area contributed by atoms with Crippen molar-refractivity contribution in [2.45, 2.75) is 191 Å². The number of ether oxygens (including phenoxy) is 12. The Kier molecular flexibility index (Phi) is 21.7. The fourth-order valence-electron chi connectivity index (χ4n) is 8.81. The standard InChI is InChI=1S/C39H69NO31/c40-2-1-3-60-35-29(23(54)17(48)11(5-42)62-35)68-37-31(25(56)19(50)13(7-44)64-37)70-39-33(27(58)21(52)15(9-46)66-39)71-38-32(26(57)20(51)14(8-45)65-38)69-36-30(24(55)18(49)12(6-43)63-36)67-34-28(59)22(53)16(47)10(4-41)61-34/h10-39,41-59H,1-9,40H2/t10-,11-,12-,13-,14-,15-,16-,17-,18-,19-,20-,21-,22+,23+,24+,25+,26+,27+,28+,29+,30+,31+,32+,33+,34+,35+,36+,37-,38+,39-/m1/s1. The molecule has 416 valence electrons. The Balaban J connectivity index is 1.32. The van der Waals surface area contributed by atoms with Crippen LogP contribution in [0, 0.1) is 0 Å². The smallest absolute Gasteiger partial charge is 0.187 e. The van der Waals surface area contributed by atoms with Crippen molar-refractivity contribution < 1.29 is 154 Å². The van der Waals surface area contributed by atoms with Crippen LogP contribution in [0.4, 0.5) is 0 Å². The molecule has 0 unspecified atom stereocenters. The van der Waals surface area contributed by atoms with Gasteiger partial charge >= 0.3 is 0 Å². The van der Waals surface area contributed by atoms with Crippen LogP contribution in [0.25, 0.3) is 0 Å². The maximum Gasteiger partial charge on any atom is 0.187 e. The van der Waals surface area contributed by atoms with E-state index in [0.29, 0.717) is 0 Å². The summed E-state index contributed by atoms with van der Waals surface area (Å²) in [6.45, 7) is -5.72. The van der Waals surface area contributed by atoms with E-state index in [1.54, 1.807) is 0 Å². The van der Waals surface area contributed by atoms with Gasteiger partial charge in [-0.2, -0.15) is 0 Å². The lowest BCUT2D eigenvalue weighted by atomic mass is 9.95. The van der Waals surface area contributed by atoms with Gasteiger partial charge in [0.15, 0.2) is 37.7 Å². The molecule has 0 aliphatic carbocycles. The summed E-state index contributed by atoms with van der Waals surface area (Å²) in [6.07, 6.45) is -58.7. The first-order chi connectivity index (χ1) is 33.8. The number of aliphatic hydroxyl groups is 19. The molecular formula is C39H69NO31. The molecule has 71 heavy (non-hydrogen) atoms. The third-order valence-electron chi connectivity index (χ3n) is 13.1. The Bertz CT molecular complexity index is 1580. The van der Waals surface area contributed by atoms with Crippen LogP contribution in [0.5, 0.6) is 0 Å². The predicted octanol–water partition coefficient (Wildman–Crippen LogP) is -13.7. The SMILES string of the molecule is NCCCO[C@H]1O[C@H](CO)[C@@H](O)[C@H](O)[C@@H]1O[C@H]1O[C@H](CO)[C@@H](O)[C@H](O)[C@@H]1O[C@H]1O[C@H](CO)[C@@H](O)[C@H](O)[C@@H]1O[C@@H]1O[C@H](CO)[C@@H](O)[C@H](O)[C@@H]1O[C@@H]1O[C@H](CO)[C@@H](O)[C@H](O)[C@@H]1O[C@@H]1O[C@H](CO)[C@@H](O)[C@H](O)[C@@H]1O. The van der Waals surface area contributed by atoms with E-state index in [1.165, 1.54) is 0 Å². The van der Waals surface area contributed by atoms with Crippen LogP contribution in [0.2, 0.25) is 0 Å². The van der Waals surface area contributed by atoms with Crippen LogP contribution >= 0.6 is 0 Å². The molecule has 0 aromatic heterocycles. The van der Waals surface area contributed by atoms with Crippen molar-refractivity contribution >= 4 is 0 Å². The lowest BCUT2D eigenvalue weighted by molar-refractivity contribution is -0.417. The molecule has 32 heteroatoms. The van der Waals surface area contributed by atoms with Gasteiger partial charge in [-0.05, 0) is 13.0 Å². The van der Waals surface area contributed by atoms with E-state index >= 15 is 0 Å². The van der Waals surface area contributed by atoms with Gasteiger partial charge in [-0.1, -0.05) is 0 Å². The summed E-state index contributed by atoms with van der Waals surface area (Å²) in [5.74, 6) is 0. The molecule has 6 heterocycles. The molecule has 21 N–H and O–H groups in total. The molecule has 6 aliphatic rings. The van der Waals surface area contributed by atoms with Crippen LogP contribution in [-0.2, 0) is 56.8 Å². The normalized spacial score (nSPS) is 51.0. The number of aliphatic hydroxyl groups excluding tert-OH is 19. The van der Waals surface area contributed by atoms with Gasteiger partial charge in [0.2, 0.25) is 0 Å². The van der Waals surface area contributed by atoms with Gasteiger partial charge in [-0.15, -0.1) is 0 Å². The lowest BCUT2D eigenvalue weighted by Crippen LogP contribution is -2.69. The van der Waals surface area contributed by atoms with E-state index in [1.807, 2.05) is 0 Å². The van der Waals surface area contributed by atoms with Gasteiger partial charge in [0, 0.05) is 0 Å². The molecule has 0 spiro atoms. The van der Waals surface area contributed by atoms with E-state index in [-0.39, 0.29) is 19.6 Å². The summed E-state index contributed by atoms with van der Waals surface area (Å²) >= 11 is 0. The Morgan fingerprint density at radius 2 is 0.507 bits per heavy atom. The van der Waals surface area contributed by atoms with Crippen molar-refractivity contribution in [2.24, 2.45) is 5.73 Å². The zero-order valence-corrected chi connectivity index (χ0v) is 37.7. The summed E-state index contributed by atoms with van der Waals surface area (Å²) < 4.78 is 69.3. The highest BCUT2D eigenvalue weighted by Gasteiger charge is 2.58. The van der Waals surface area contributed by atoms with E-state index in [9.17, 15) is 97.0 Å². The van der Waals surface area contributed by atoms with Gasteiger partial charge in [-0.25, -0.2) is 0 Å². The molecule has 0 bridgehead atoms. The van der Waals surface area contributed by atoms with E-state index in [2.05, 4.69) is 0 Å². The molecule has 30 atom stereocenters.